The number of hydrogen-bond acceptors (Lipinski definition) is 4. The third-order valence-corrected chi connectivity index (χ3v) is 6.19. The van der Waals surface area contributed by atoms with Crippen LogP contribution in [0.2, 0.25) is 13.1 Å². The van der Waals surface area contributed by atoms with E-state index in [9.17, 15) is 8.42 Å². The predicted molar refractivity (Wildman–Crippen MR) is 105 cm³/mol. The molecule has 3 atom stereocenters. The van der Waals surface area contributed by atoms with Crippen LogP contribution in [0, 0.1) is 11.3 Å². The second-order valence-corrected chi connectivity index (χ2v) is 12.6. The number of fused-ring (bicyclic) bond motifs is 1. The molecular weight excluding hydrogens is 352 g/mol. The fraction of sp³-hybridized carbons (Fsp3) is 0.722. The van der Waals surface area contributed by atoms with E-state index in [0.717, 1.165) is 30.5 Å². The van der Waals surface area contributed by atoms with Gasteiger partial charge in [-0.2, -0.15) is 0 Å². The molecule has 1 N–H and O–H groups in total. The summed E-state index contributed by atoms with van der Waals surface area (Å²) in [5.41, 5.74) is 2.02. The maximum absolute atomic E-state index is 11.9. The Kier molecular flexibility index (Phi) is 6.46. The van der Waals surface area contributed by atoms with Gasteiger partial charge in [-0.05, 0) is 55.3 Å². The third-order valence-electron chi connectivity index (χ3n) is 4.64. The van der Waals surface area contributed by atoms with Gasteiger partial charge < -0.3 is 4.43 Å². The second-order valence-electron chi connectivity index (χ2n) is 8.50. The van der Waals surface area contributed by atoms with Gasteiger partial charge in [-0.15, -0.1) is 0 Å². The minimum atomic E-state index is -3.31. The Balaban J connectivity index is 2.37. The van der Waals surface area contributed by atoms with Crippen molar-refractivity contribution in [1.29, 1.82) is 0 Å². The Bertz CT molecular complexity index is 686. The summed E-state index contributed by atoms with van der Waals surface area (Å²) in [5.74, 6) is 0.295. The van der Waals surface area contributed by atoms with Gasteiger partial charge in [0.15, 0.2) is 9.04 Å². The molecule has 25 heavy (non-hydrogen) atoms. The number of hydrogen-bond donors (Lipinski definition) is 1. The monoisotopic (exact) mass is 384 g/mol. The Labute approximate surface area is 154 Å². The van der Waals surface area contributed by atoms with E-state index in [2.05, 4.69) is 49.6 Å². The summed E-state index contributed by atoms with van der Waals surface area (Å²) < 4.78 is 33.1. The average Bonchev–Trinajstić information content (AvgIpc) is 2.62. The summed E-state index contributed by atoms with van der Waals surface area (Å²) in [4.78, 5) is 4.50. The SMILES string of the molecule is C[SiH](C)OC([C@@H]1CCc2cccnc2[C@@H](NS(C)(=O)=O)C1)C(C)(C)C. The van der Waals surface area contributed by atoms with E-state index in [1.807, 2.05) is 6.07 Å². The van der Waals surface area contributed by atoms with Gasteiger partial charge >= 0.3 is 0 Å². The molecular formula is C18H32N2O3SSi. The second kappa shape index (κ2) is 7.86. The first-order valence-electron chi connectivity index (χ1n) is 9.04. The normalized spacial score (nSPS) is 23.2. The Hall–Kier alpha value is -0.763. The minimum Gasteiger partial charge on any atom is -0.417 e. The Morgan fingerprint density at radius 3 is 2.60 bits per heavy atom. The average molecular weight is 385 g/mol. The quantitative estimate of drug-likeness (QED) is 0.626. The third kappa shape index (κ3) is 5.87. The number of aryl methyl sites for hydroxylation is 1. The molecule has 0 fully saturated rings. The summed E-state index contributed by atoms with van der Waals surface area (Å²) in [6.07, 6.45) is 5.70. The van der Waals surface area contributed by atoms with Gasteiger partial charge in [0.25, 0.3) is 0 Å². The van der Waals surface area contributed by atoms with Gasteiger partial charge in [-0.3, -0.25) is 4.98 Å². The number of aromatic nitrogens is 1. The predicted octanol–water partition coefficient (Wildman–Crippen LogP) is 3.04. The zero-order valence-corrected chi connectivity index (χ0v) is 18.2. The first kappa shape index (κ1) is 20.5. The molecule has 2 rings (SSSR count). The first-order valence-corrected chi connectivity index (χ1v) is 13.7. The van der Waals surface area contributed by atoms with Crippen molar-refractivity contribution >= 4 is 19.1 Å². The summed E-state index contributed by atoms with van der Waals surface area (Å²) in [5, 5.41) is 0. The van der Waals surface area contributed by atoms with E-state index in [1.165, 1.54) is 6.26 Å². The Morgan fingerprint density at radius 1 is 1.36 bits per heavy atom. The molecule has 1 heterocycles. The molecule has 1 aliphatic rings. The molecule has 1 unspecified atom stereocenters. The standard InChI is InChI=1S/C18H32N2O3SSi/c1-18(2,3)17(23-25(5)6)14-10-9-13-8-7-11-19-16(13)15(12-14)20-24(4,21)22/h7-8,11,14-15,17,20,25H,9-10,12H2,1-6H3/t14-,15+,17?/m1/s1. The van der Waals surface area contributed by atoms with Crippen molar-refractivity contribution in [2.45, 2.75) is 65.3 Å². The molecule has 1 aromatic heterocycles. The van der Waals surface area contributed by atoms with E-state index in [0.29, 0.717) is 5.92 Å². The van der Waals surface area contributed by atoms with Crippen LogP contribution in [-0.4, -0.2) is 34.8 Å². The molecule has 0 aromatic carbocycles. The maximum Gasteiger partial charge on any atom is 0.209 e. The van der Waals surface area contributed by atoms with Gasteiger partial charge in [-0.25, -0.2) is 13.1 Å². The summed E-state index contributed by atoms with van der Waals surface area (Å²) in [6, 6.07) is 3.70. The number of pyridine rings is 1. The van der Waals surface area contributed by atoms with Crippen LogP contribution in [0.4, 0.5) is 0 Å². The maximum atomic E-state index is 11.9. The largest absolute Gasteiger partial charge is 0.417 e. The highest BCUT2D eigenvalue weighted by atomic mass is 32.2. The van der Waals surface area contributed by atoms with Gasteiger partial charge in [0.1, 0.15) is 0 Å². The van der Waals surface area contributed by atoms with E-state index < -0.39 is 19.1 Å². The lowest BCUT2D eigenvalue weighted by Crippen LogP contribution is -2.41. The first-order chi connectivity index (χ1) is 11.5. The van der Waals surface area contributed by atoms with E-state index >= 15 is 0 Å². The summed E-state index contributed by atoms with van der Waals surface area (Å²) in [6.45, 7) is 11.0. The van der Waals surface area contributed by atoms with Crippen LogP contribution in [-0.2, 0) is 20.9 Å². The fourth-order valence-electron chi connectivity index (χ4n) is 3.80. The molecule has 7 heteroatoms. The lowest BCUT2D eigenvalue weighted by atomic mass is 9.77. The van der Waals surface area contributed by atoms with E-state index in [-0.39, 0.29) is 17.6 Å². The van der Waals surface area contributed by atoms with Crippen LogP contribution in [0.3, 0.4) is 0 Å². The molecule has 0 saturated carbocycles. The van der Waals surface area contributed by atoms with Crippen molar-refractivity contribution < 1.29 is 12.8 Å². The summed E-state index contributed by atoms with van der Waals surface area (Å²) >= 11 is 0. The Morgan fingerprint density at radius 2 is 2.04 bits per heavy atom. The van der Waals surface area contributed by atoms with E-state index in [1.54, 1.807) is 6.20 Å². The molecule has 1 aliphatic carbocycles. The molecule has 0 radical (unpaired) electrons. The molecule has 1 aromatic rings. The van der Waals surface area contributed by atoms with E-state index in [4.69, 9.17) is 4.43 Å². The van der Waals surface area contributed by atoms with Crippen molar-refractivity contribution in [3.8, 4) is 0 Å². The number of nitrogens with zero attached hydrogens (tertiary/aromatic N) is 1. The zero-order valence-electron chi connectivity index (χ0n) is 16.2. The van der Waals surface area contributed by atoms with Gasteiger partial charge in [0.2, 0.25) is 10.0 Å². The fourth-order valence-corrected chi connectivity index (χ4v) is 5.74. The number of sulfonamides is 1. The van der Waals surface area contributed by atoms with Crippen LogP contribution in [0.1, 0.15) is 50.9 Å². The van der Waals surface area contributed by atoms with Crippen LogP contribution < -0.4 is 4.72 Å². The highest BCUT2D eigenvalue weighted by Gasteiger charge is 2.38. The van der Waals surface area contributed by atoms with Gasteiger partial charge in [0.05, 0.1) is 24.1 Å². The smallest absolute Gasteiger partial charge is 0.209 e. The molecule has 142 valence electrons. The van der Waals surface area contributed by atoms with Crippen LogP contribution in [0.25, 0.3) is 0 Å². The van der Waals surface area contributed by atoms with Crippen LogP contribution in [0.15, 0.2) is 18.3 Å². The number of nitrogens with one attached hydrogen (secondary N) is 1. The molecule has 0 saturated heterocycles. The van der Waals surface area contributed by atoms with Crippen LogP contribution in [0.5, 0.6) is 0 Å². The molecule has 0 spiro atoms. The molecule has 0 bridgehead atoms. The van der Waals surface area contributed by atoms with Crippen molar-refractivity contribution in [3.63, 3.8) is 0 Å². The van der Waals surface area contributed by atoms with Crippen molar-refractivity contribution in [2.75, 3.05) is 6.26 Å². The minimum absolute atomic E-state index is 0.0154. The topological polar surface area (TPSA) is 68.3 Å². The van der Waals surface area contributed by atoms with Gasteiger partial charge in [0, 0.05) is 6.20 Å². The summed E-state index contributed by atoms with van der Waals surface area (Å²) in [7, 11) is -4.52. The number of rotatable bonds is 5. The lowest BCUT2D eigenvalue weighted by Gasteiger charge is -2.39. The highest BCUT2D eigenvalue weighted by molar-refractivity contribution is 7.88. The molecule has 0 amide bonds. The van der Waals surface area contributed by atoms with Crippen LogP contribution >= 0.6 is 0 Å². The lowest BCUT2D eigenvalue weighted by molar-refractivity contribution is 0.0237. The zero-order chi connectivity index (χ0) is 18.8. The molecule has 0 aliphatic heterocycles. The molecule has 5 nitrogen and oxygen atoms in total. The van der Waals surface area contributed by atoms with Crippen molar-refractivity contribution in [1.82, 2.24) is 9.71 Å². The van der Waals surface area contributed by atoms with Crippen molar-refractivity contribution in [3.05, 3.63) is 29.6 Å². The highest BCUT2D eigenvalue weighted by Crippen LogP contribution is 2.39. The van der Waals surface area contributed by atoms with Gasteiger partial charge in [-0.1, -0.05) is 26.8 Å². The van der Waals surface area contributed by atoms with Crippen molar-refractivity contribution in [2.24, 2.45) is 11.3 Å².